The van der Waals surface area contributed by atoms with E-state index in [1.165, 1.54) is 4.57 Å². The van der Waals surface area contributed by atoms with E-state index in [9.17, 15) is 19.2 Å². The van der Waals surface area contributed by atoms with Crippen molar-refractivity contribution >= 4 is 17.8 Å². The lowest BCUT2D eigenvalue weighted by molar-refractivity contribution is -0.139. The van der Waals surface area contributed by atoms with Crippen molar-refractivity contribution in [3.05, 3.63) is 33.7 Å². The Hall–Kier alpha value is -2.64. The van der Waals surface area contributed by atoms with Gasteiger partial charge in [0, 0.05) is 32.4 Å². The van der Waals surface area contributed by atoms with Gasteiger partial charge in [0.25, 0.3) is 11.5 Å². The summed E-state index contributed by atoms with van der Waals surface area (Å²) in [4.78, 5) is 50.8. The molecule has 8 heteroatoms. The number of pyridine rings is 1. The largest absolute Gasteiger partial charge is 0.336 e. The number of rotatable bonds is 2. The van der Waals surface area contributed by atoms with Crippen molar-refractivity contribution in [1.29, 1.82) is 0 Å². The Morgan fingerprint density at radius 2 is 1.96 bits per heavy atom. The highest BCUT2D eigenvalue weighted by Gasteiger charge is 2.45. The van der Waals surface area contributed by atoms with Gasteiger partial charge in [-0.15, -0.1) is 0 Å². The first kappa shape index (κ1) is 16.2. The molecule has 0 aromatic carbocycles. The number of nitrogens with zero attached hydrogens (tertiary/aromatic N) is 3. The number of hydrogen-bond acceptors (Lipinski definition) is 4. The fourth-order valence-electron chi connectivity index (χ4n) is 3.05. The summed E-state index contributed by atoms with van der Waals surface area (Å²) >= 11 is 0. The Balaban J connectivity index is 1.73. The number of nitrogens with one attached hydrogen (secondary N) is 1. The van der Waals surface area contributed by atoms with Crippen LogP contribution in [0.2, 0.25) is 0 Å². The lowest BCUT2D eigenvalue weighted by Crippen LogP contribution is -2.46. The van der Waals surface area contributed by atoms with Crippen LogP contribution in [0.5, 0.6) is 0 Å². The summed E-state index contributed by atoms with van der Waals surface area (Å²) in [5.41, 5.74) is 0.798. The fraction of sp³-hybridized carbons (Fsp3) is 0.500. The predicted molar refractivity (Wildman–Crippen MR) is 85.1 cm³/mol. The number of imide groups is 1. The summed E-state index contributed by atoms with van der Waals surface area (Å²) in [6.45, 7) is 3.78. The summed E-state index contributed by atoms with van der Waals surface area (Å²) in [5.74, 6) is -0.684. The lowest BCUT2D eigenvalue weighted by Gasteiger charge is -2.30. The summed E-state index contributed by atoms with van der Waals surface area (Å²) in [6, 6.07) is 1.05. The molecule has 3 rings (SSSR count). The highest BCUT2D eigenvalue weighted by atomic mass is 16.2. The van der Waals surface area contributed by atoms with Crippen molar-refractivity contribution in [3.8, 4) is 0 Å². The van der Waals surface area contributed by atoms with Gasteiger partial charge in [-0.1, -0.05) is 0 Å². The van der Waals surface area contributed by atoms with Gasteiger partial charge in [0.05, 0.1) is 0 Å². The quantitative estimate of drug-likeness (QED) is 0.746. The summed E-state index contributed by atoms with van der Waals surface area (Å²) in [6.07, 6.45) is 2.32. The molecule has 0 saturated carbocycles. The molecule has 1 aromatic heterocycles. The molecular formula is C16H20N4O4. The summed E-state index contributed by atoms with van der Waals surface area (Å²) in [7, 11) is 1.67. The van der Waals surface area contributed by atoms with Crippen molar-refractivity contribution in [1.82, 2.24) is 19.7 Å². The Labute approximate surface area is 139 Å². The van der Waals surface area contributed by atoms with E-state index in [1.54, 1.807) is 38.1 Å². The van der Waals surface area contributed by atoms with Crippen molar-refractivity contribution in [3.63, 3.8) is 0 Å². The Morgan fingerprint density at radius 3 is 2.58 bits per heavy atom. The highest BCUT2D eigenvalue weighted by Crippen LogP contribution is 2.19. The Morgan fingerprint density at radius 1 is 1.25 bits per heavy atom. The zero-order chi connectivity index (χ0) is 17.6. The van der Waals surface area contributed by atoms with Crippen LogP contribution < -0.4 is 10.9 Å². The average molecular weight is 332 g/mol. The zero-order valence-electron chi connectivity index (χ0n) is 14.0. The molecule has 4 amide bonds. The normalized spacial score (nSPS) is 19.3. The smallest absolute Gasteiger partial charge is 0.325 e. The van der Waals surface area contributed by atoms with E-state index in [0.29, 0.717) is 19.5 Å². The maximum absolute atomic E-state index is 12.5. The molecule has 0 aliphatic carbocycles. The SMILES string of the molecule is Cn1cc2c(cc1=O)CCN(C(=O)CN1C(=O)NC(C)(C)C1=O)C2. The molecule has 8 nitrogen and oxygen atoms in total. The second-order valence-corrected chi connectivity index (χ2v) is 6.78. The molecule has 1 N–H and O–H groups in total. The van der Waals surface area contributed by atoms with Crippen LogP contribution in [0.25, 0.3) is 0 Å². The van der Waals surface area contributed by atoms with Crippen LogP contribution in [0.4, 0.5) is 4.79 Å². The van der Waals surface area contributed by atoms with E-state index >= 15 is 0 Å². The molecule has 0 unspecified atom stereocenters. The number of fused-ring (bicyclic) bond motifs is 1. The van der Waals surface area contributed by atoms with Gasteiger partial charge in [0.2, 0.25) is 5.91 Å². The van der Waals surface area contributed by atoms with Gasteiger partial charge in [-0.05, 0) is 31.4 Å². The van der Waals surface area contributed by atoms with E-state index < -0.39 is 17.5 Å². The molecule has 24 heavy (non-hydrogen) atoms. The minimum absolute atomic E-state index is 0.0740. The van der Waals surface area contributed by atoms with Crippen LogP contribution in [-0.4, -0.2) is 50.8 Å². The van der Waals surface area contributed by atoms with Crippen LogP contribution in [0.15, 0.2) is 17.1 Å². The molecule has 1 aromatic rings. The van der Waals surface area contributed by atoms with Crippen LogP contribution in [-0.2, 0) is 29.6 Å². The zero-order valence-corrected chi connectivity index (χ0v) is 14.0. The van der Waals surface area contributed by atoms with E-state index in [0.717, 1.165) is 16.0 Å². The number of carbonyl (C=O) groups excluding carboxylic acids is 3. The summed E-state index contributed by atoms with van der Waals surface area (Å²) in [5, 5.41) is 2.56. The monoisotopic (exact) mass is 332 g/mol. The van der Waals surface area contributed by atoms with Crippen LogP contribution in [0.3, 0.4) is 0 Å². The van der Waals surface area contributed by atoms with Gasteiger partial charge in [-0.3, -0.25) is 19.3 Å². The number of hydrogen-bond donors (Lipinski definition) is 1. The molecule has 0 bridgehead atoms. The number of urea groups is 1. The molecule has 2 aliphatic heterocycles. The Kier molecular flexibility index (Phi) is 3.70. The van der Waals surface area contributed by atoms with Gasteiger partial charge in [0.1, 0.15) is 12.1 Å². The minimum Gasteiger partial charge on any atom is -0.336 e. The number of amides is 4. The molecule has 0 atom stereocenters. The topological polar surface area (TPSA) is 91.7 Å². The third kappa shape index (κ3) is 2.68. The molecule has 0 radical (unpaired) electrons. The molecule has 1 saturated heterocycles. The molecular weight excluding hydrogens is 312 g/mol. The Bertz CT molecular complexity index is 796. The highest BCUT2D eigenvalue weighted by molar-refractivity contribution is 6.08. The van der Waals surface area contributed by atoms with E-state index in [-0.39, 0.29) is 18.0 Å². The third-order valence-corrected chi connectivity index (χ3v) is 4.51. The van der Waals surface area contributed by atoms with Gasteiger partial charge in [-0.2, -0.15) is 0 Å². The van der Waals surface area contributed by atoms with E-state index in [4.69, 9.17) is 0 Å². The first-order valence-electron chi connectivity index (χ1n) is 7.79. The number of aromatic nitrogens is 1. The summed E-state index contributed by atoms with van der Waals surface area (Å²) < 4.78 is 1.48. The van der Waals surface area contributed by atoms with Crippen molar-refractivity contribution in [2.24, 2.45) is 7.05 Å². The maximum Gasteiger partial charge on any atom is 0.325 e. The van der Waals surface area contributed by atoms with Crippen molar-refractivity contribution < 1.29 is 14.4 Å². The lowest BCUT2D eigenvalue weighted by atomic mass is 10.0. The second-order valence-electron chi connectivity index (χ2n) is 6.78. The average Bonchev–Trinajstić information content (AvgIpc) is 2.70. The molecule has 1 fully saturated rings. The molecule has 0 spiro atoms. The first-order valence-corrected chi connectivity index (χ1v) is 7.79. The molecule has 2 aliphatic rings. The van der Waals surface area contributed by atoms with Gasteiger partial charge >= 0.3 is 6.03 Å². The minimum atomic E-state index is -0.982. The molecule has 128 valence electrons. The second kappa shape index (κ2) is 5.47. The standard InChI is InChI=1S/C16H20N4O4/c1-16(2)14(23)20(15(24)17-16)9-13(22)19-5-4-10-6-12(21)18(3)7-11(10)8-19/h6-7H,4-5,8-9H2,1-3H3,(H,17,24). The van der Waals surface area contributed by atoms with Crippen molar-refractivity contribution in [2.45, 2.75) is 32.4 Å². The van der Waals surface area contributed by atoms with Crippen LogP contribution >= 0.6 is 0 Å². The molecule has 3 heterocycles. The van der Waals surface area contributed by atoms with E-state index in [1.807, 2.05) is 0 Å². The maximum atomic E-state index is 12.5. The number of carbonyl (C=O) groups is 3. The van der Waals surface area contributed by atoms with Crippen LogP contribution in [0, 0.1) is 0 Å². The third-order valence-electron chi connectivity index (χ3n) is 4.51. The van der Waals surface area contributed by atoms with Gasteiger partial charge in [-0.25, -0.2) is 4.79 Å². The first-order chi connectivity index (χ1) is 11.2. The van der Waals surface area contributed by atoms with Gasteiger partial charge < -0.3 is 14.8 Å². The van der Waals surface area contributed by atoms with Gasteiger partial charge in [0.15, 0.2) is 0 Å². The number of aryl methyl sites for hydroxylation is 1. The van der Waals surface area contributed by atoms with Crippen LogP contribution in [0.1, 0.15) is 25.0 Å². The predicted octanol–water partition coefficient (Wildman–Crippen LogP) is -0.400. The van der Waals surface area contributed by atoms with E-state index in [2.05, 4.69) is 5.32 Å². The fourth-order valence-corrected chi connectivity index (χ4v) is 3.05. The van der Waals surface area contributed by atoms with Crippen molar-refractivity contribution in [2.75, 3.05) is 13.1 Å².